The predicted octanol–water partition coefficient (Wildman–Crippen LogP) is 4.05. The van der Waals surface area contributed by atoms with E-state index < -0.39 is 0 Å². The van der Waals surface area contributed by atoms with E-state index in [1.165, 1.54) is 6.92 Å². The highest BCUT2D eigenvalue weighted by molar-refractivity contribution is 6.31. The highest BCUT2D eigenvalue weighted by Crippen LogP contribution is 2.20. The number of nitrogens with one attached hydrogen (secondary N) is 3. The number of carbonyl (C=O) groups is 2. The maximum absolute atomic E-state index is 12.0. The summed E-state index contributed by atoms with van der Waals surface area (Å²) < 4.78 is 0. The molecule has 0 atom stereocenters. The molecule has 0 saturated carbocycles. The van der Waals surface area contributed by atoms with Gasteiger partial charge in [-0.15, -0.1) is 0 Å². The van der Waals surface area contributed by atoms with Crippen LogP contribution in [0.4, 0.5) is 17.1 Å². The third-order valence-electron chi connectivity index (χ3n) is 3.34. The van der Waals surface area contributed by atoms with Crippen molar-refractivity contribution >= 4 is 40.5 Å². The second-order valence-electron chi connectivity index (χ2n) is 5.45. The van der Waals surface area contributed by atoms with Crippen LogP contribution in [0.5, 0.6) is 0 Å². The van der Waals surface area contributed by atoms with E-state index in [9.17, 15) is 9.59 Å². The lowest BCUT2D eigenvalue weighted by Gasteiger charge is -2.11. The minimum Gasteiger partial charge on any atom is -0.384 e. The van der Waals surface area contributed by atoms with Gasteiger partial charge in [-0.2, -0.15) is 0 Å². The molecule has 0 radical (unpaired) electrons. The first kappa shape index (κ1) is 17.8. The molecule has 0 spiro atoms. The van der Waals surface area contributed by atoms with Gasteiger partial charge in [0.15, 0.2) is 0 Å². The molecule has 0 heterocycles. The van der Waals surface area contributed by atoms with Crippen molar-refractivity contribution in [2.75, 3.05) is 22.5 Å². The van der Waals surface area contributed by atoms with Crippen molar-refractivity contribution in [3.63, 3.8) is 0 Å². The van der Waals surface area contributed by atoms with Crippen LogP contribution < -0.4 is 16.0 Å². The molecule has 6 heteroatoms. The van der Waals surface area contributed by atoms with Crippen LogP contribution in [-0.2, 0) is 9.59 Å². The van der Waals surface area contributed by atoms with Crippen molar-refractivity contribution in [1.82, 2.24) is 0 Å². The Labute approximate surface area is 146 Å². The van der Waals surface area contributed by atoms with Crippen LogP contribution in [0.3, 0.4) is 0 Å². The molecular weight excluding hydrogens is 326 g/mol. The summed E-state index contributed by atoms with van der Waals surface area (Å²) in [6.07, 6.45) is 0.316. The SMILES string of the molecule is CC(=O)Nc1cccc(NCCC(=O)Nc2cc(Cl)ccc2C)c1. The summed E-state index contributed by atoms with van der Waals surface area (Å²) in [6, 6.07) is 12.7. The Hall–Kier alpha value is -2.53. The number of hydrogen-bond acceptors (Lipinski definition) is 3. The fraction of sp³-hybridized carbons (Fsp3) is 0.222. The minimum absolute atomic E-state index is 0.0918. The fourth-order valence-electron chi connectivity index (χ4n) is 2.17. The van der Waals surface area contributed by atoms with Crippen LogP contribution in [0, 0.1) is 6.92 Å². The molecular formula is C18H20ClN3O2. The molecule has 126 valence electrons. The monoisotopic (exact) mass is 345 g/mol. The molecule has 0 unspecified atom stereocenters. The molecule has 2 amide bonds. The smallest absolute Gasteiger partial charge is 0.226 e. The van der Waals surface area contributed by atoms with Crippen LogP contribution in [0.2, 0.25) is 5.02 Å². The van der Waals surface area contributed by atoms with Crippen molar-refractivity contribution in [2.45, 2.75) is 20.3 Å². The first-order valence-corrected chi connectivity index (χ1v) is 7.99. The van der Waals surface area contributed by atoms with Gasteiger partial charge in [0.05, 0.1) is 0 Å². The average Bonchev–Trinajstić information content (AvgIpc) is 2.51. The average molecular weight is 346 g/mol. The molecule has 0 aliphatic heterocycles. The van der Waals surface area contributed by atoms with Gasteiger partial charge >= 0.3 is 0 Å². The summed E-state index contributed by atoms with van der Waals surface area (Å²) in [5.41, 5.74) is 3.24. The molecule has 0 saturated heterocycles. The van der Waals surface area contributed by atoms with Crippen LogP contribution in [0.15, 0.2) is 42.5 Å². The second-order valence-corrected chi connectivity index (χ2v) is 5.88. The van der Waals surface area contributed by atoms with Gasteiger partial charge in [0.25, 0.3) is 0 Å². The first-order chi connectivity index (χ1) is 11.4. The molecule has 0 bridgehead atoms. The Morgan fingerprint density at radius 3 is 2.54 bits per heavy atom. The number of aryl methyl sites for hydroxylation is 1. The van der Waals surface area contributed by atoms with Crippen molar-refractivity contribution in [2.24, 2.45) is 0 Å². The number of benzene rings is 2. The molecule has 0 aliphatic carbocycles. The van der Waals surface area contributed by atoms with Gasteiger partial charge in [-0.05, 0) is 42.8 Å². The lowest BCUT2D eigenvalue weighted by Crippen LogP contribution is -2.17. The number of anilines is 3. The van der Waals surface area contributed by atoms with Gasteiger partial charge in [-0.1, -0.05) is 23.7 Å². The van der Waals surface area contributed by atoms with Gasteiger partial charge in [-0.25, -0.2) is 0 Å². The molecule has 2 rings (SSSR count). The summed E-state index contributed by atoms with van der Waals surface area (Å²) in [4.78, 5) is 23.1. The van der Waals surface area contributed by atoms with Gasteiger partial charge in [0, 0.05) is 42.0 Å². The van der Waals surface area contributed by atoms with Crippen LogP contribution >= 0.6 is 11.6 Å². The topological polar surface area (TPSA) is 70.2 Å². The summed E-state index contributed by atoms with van der Waals surface area (Å²) in [7, 11) is 0. The van der Waals surface area contributed by atoms with E-state index >= 15 is 0 Å². The molecule has 0 aliphatic rings. The Bertz CT molecular complexity index is 747. The lowest BCUT2D eigenvalue weighted by molar-refractivity contribution is -0.116. The largest absolute Gasteiger partial charge is 0.384 e. The van der Waals surface area contributed by atoms with Crippen molar-refractivity contribution in [3.05, 3.63) is 53.1 Å². The van der Waals surface area contributed by atoms with E-state index in [4.69, 9.17) is 11.6 Å². The Balaban J connectivity index is 1.84. The zero-order chi connectivity index (χ0) is 17.5. The number of halogens is 1. The fourth-order valence-corrected chi connectivity index (χ4v) is 2.34. The minimum atomic E-state index is -0.122. The third kappa shape index (κ3) is 5.59. The van der Waals surface area contributed by atoms with Gasteiger partial charge in [0.1, 0.15) is 0 Å². The maximum Gasteiger partial charge on any atom is 0.226 e. The van der Waals surface area contributed by atoms with Gasteiger partial charge < -0.3 is 16.0 Å². The molecule has 0 aromatic heterocycles. The van der Waals surface area contributed by atoms with Crippen molar-refractivity contribution in [3.8, 4) is 0 Å². The van der Waals surface area contributed by atoms with Crippen molar-refractivity contribution < 1.29 is 9.59 Å². The Morgan fingerprint density at radius 2 is 1.79 bits per heavy atom. The molecule has 0 fully saturated rings. The molecule has 5 nitrogen and oxygen atoms in total. The summed E-state index contributed by atoms with van der Waals surface area (Å²) in [6.45, 7) is 3.86. The van der Waals surface area contributed by atoms with Crippen LogP contribution in [0.25, 0.3) is 0 Å². The Kier molecular flexibility index (Phi) is 6.21. The van der Waals surface area contributed by atoms with Gasteiger partial charge in [0.2, 0.25) is 11.8 Å². The van der Waals surface area contributed by atoms with Crippen LogP contribution in [0.1, 0.15) is 18.9 Å². The van der Waals surface area contributed by atoms with E-state index in [1.54, 1.807) is 18.2 Å². The number of hydrogen-bond donors (Lipinski definition) is 3. The van der Waals surface area contributed by atoms with E-state index in [0.717, 1.165) is 16.9 Å². The van der Waals surface area contributed by atoms with Crippen LogP contribution in [-0.4, -0.2) is 18.4 Å². The molecule has 3 N–H and O–H groups in total. The highest BCUT2D eigenvalue weighted by Gasteiger charge is 2.06. The predicted molar refractivity (Wildman–Crippen MR) is 98.7 cm³/mol. The first-order valence-electron chi connectivity index (χ1n) is 7.61. The maximum atomic E-state index is 12.0. The number of amides is 2. The third-order valence-corrected chi connectivity index (χ3v) is 3.57. The normalized spacial score (nSPS) is 10.1. The molecule has 2 aromatic rings. The van der Waals surface area contributed by atoms with Crippen molar-refractivity contribution in [1.29, 1.82) is 0 Å². The lowest BCUT2D eigenvalue weighted by atomic mass is 10.2. The summed E-state index contributed by atoms with van der Waals surface area (Å²) in [5, 5.41) is 9.32. The second kappa shape index (κ2) is 8.36. The Morgan fingerprint density at radius 1 is 1.04 bits per heavy atom. The number of rotatable bonds is 6. The van der Waals surface area contributed by atoms with E-state index in [2.05, 4.69) is 16.0 Å². The zero-order valence-electron chi connectivity index (χ0n) is 13.7. The highest BCUT2D eigenvalue weighted by atomic mass is 35.5. The quantitative estimate of drug-likeness (QED) is 0.739. The van der Waals surface area contributed by atoms with E-state index in [0.29, 0.717) is 23.7 Å². The number of carbonyl (C=O) groups excluding carboxylic acids is 2. The molecule has 2 aromatic carbocycles. The molecule has 24 heavy (non-hydrogen) atoms. The summed E-state index contributed by atoms with van der Waals surface area (Å²) in [5.74, 6) is -0.214. The summed E-state index contributed by atoms with van der Waals surface area (Å²) >= 11 is 5.94. The van der Waals surface area contributed by atoms with E-state index in [-0.39, 0.29) is 11.8 Å². The van der Waals surface area contributed by atoms with Gasteiger partial charge in [-0.3, -0.25) is 9.59 Å². The standard InChI is InChI=1S/C18H20ClN3O2/c1-12-6-7-14(19)10-17(12)22-18(24)8-9-20-15-4-3-5-16(11-15)21-13(2)23/h3-7,10-11,20H,8-9H2,1-2H3,(H,21,23)(H,22,24). The zero-order valence-corrected chi connectivity index (χ0v) is 14.4. The van der Waals surface area contributed by atoms with E-state index in [1.807, 2.05) is 31.2 Å².